The summed E-state index contributed by atoms with van der Waals surface area (Å²) in [5.41, 5.74) is 0.640. The number of dihydropyridines is 1. The molecule has 1 unspecified atom stereocenters. The van der Waals surface area contributed by atoms with Crippen LogP contribution >= 0.6 is 0 Å². The van der Waals surface area contributed by atoms with Gasteiger partial charge in [-0.15, -0.1) is 0 Å². The Labute approximate surface area is 175 Å². The van der Waals surface area contributed by atoms with Gasteiger partial charge >= 0.3 is 12.2 Å². The fourth-order valence-corrected chi connectivity index (χ4v) is 3.89. The van der Waals surface area contributed by atoms with Crippen LogP contribution in [0.1, 0.15) is 6.42 Å². The van der Waals surface area contributed by atoms with Crippen LogP contribution < -0.4 is 16.0 Å². The number of nitrogens with one attached hydrogen (secondary N) is 3. The van der Waals surface area contributed by atoms with Crippen LogP contribution in [0, 0.1) is 0 Å². The number of halogens is 3. The lowest BCUT2D eigenvalue weighted by atomic mass is 10.1. The van der Waals surface area contributed by atoms with Gasteiger partial charge in [0, 0.05) is 25.4 Å². The van der Waals surface area contributed by atoms with Gasteiger partial charge in [0.05, 0.1) is 18.8 Å². The number of allylic oxidation sites excluding steroid dienone is 1. The van der Waals surface area contributed by atoms with Crippen molar-refractivity contribution in [2.45, 2.75) is 24.7 Å². The summed E-state index contributed by atoms with van der Waals surface area (Å²) in [6.45, 7) is -0.183. The highest BCUT2D eigenvalue weighted by Gasteiger charge is 2.45. The highest BCUT2D eigenvalue weighted by atomic mass is 19.4. The Balaban J connectivity index is 1.61. The van der Waals surface area contributed by atoms with Gasteiger partial charge in [0.1, 0.15) is 23.9 Å². The van der Waals surface area contributed by atoms with Crippen LogP contribution in [0.2, 0.25) is 0 Å². The topological polar surface area (TPSA) is 98.8 Å². The molecule has 0 radical (unpaired) electrons. The van der Waals surface area contributed by atoms with Crippen LogP contribution in [0.4, 0.5) is 23.8 Å². The van der Waals surface area contributed by atoms with Gasteiger partial charge in [-0.05, 0) is 18.6 Å². The number of hydrogen-bond acceptors (Lipinski definition) is 6. The standard InChI is InChI=1S/C19H21F3N6O3/c1-31-13-8-12-16(26-15(13)17(29)24-10-19(20,21)22)28(11-5-7-27(12)9-11)18(30)25-14-4-2-3-6-23-14/h2-4,6,8,11,15,26H,5,7,9-10H2,1H3,(H,24,29)(H,23,25,30)/t11-,15?/m0/s1. The van der Waals surface area contributed by atoms with Gasteiger partial charge in [-0.2, -0.15) is 13.2 Å². The van der Waals surface area contributed by atoms with Gasteiger partial charge in [-0.3, -0.25) is 15.0 Å². The number of fused-ring (bicyclic) bond motifs is 3. The van der Waals surface area contributed by atoms with Crippen molar-refractivity contribution in [3.05, 3.63) is 47.7 Å². The number of amides is 3. The second-order valence-electron chi connectivity index (χ2n) is 7.30. The zero-order valence-corrected chi connectivity index (χ0v) is 16.6. The molecule has 1 aromatic rings. The third-order valence-electron chi connectivity index (χ3n) is 5.28. The molecule has 3 amide bonds. The van der Waals surface area contributed by atoms with Crippen molar-refractivity contribution in [3.8, 4) is 0 Å². The summed E-state index contributed by atoms with van der Waals surface area (Å²) in [7, 11) is 1.34. The molecule has 4 heterocycles. The largest absolute Gasteiger partial charge is 0.498 e. The lowest BCUT2D eigenvalue weighted by molar-refractivity contribution is -0.139. The number of anilines is 1. The Bertz CT molecular complexity index is 934. The van der Waals surface area contributed by atoms with E-state index >= 15 is 0 Å². The van der Waals surface area contributed by atoms with Crippen LogP contribution in [0.25, 0.3) is 0 Å². The molecule has 1 fully saturated rings. The molecule has 4 rings (SSSR count). The molecule has 3 aliphatic heterocycles. The molecular formula is C19H21F3N6O3. The zero-order valence-electron chi connectivity index (χ0n) is 16.6. The van der Waals surface area contributed by atoms with Crippen LogP contribution in [0.5, 0.6) is 0 Å². The van der Waals surface area contributed by atoms with Crippen molar-refractivity contribution in [3.63, 3.8) is 0 Å². The molecule has 3 N–H and O–H groups in total. The number of urea groups is 1. The van der Waals surface area contributed by atoms with E-state index in [1.807, 2.05) is 10.2 Å². The number of ether oxygens (including phenoxy) is 1. The molecule has 0 spiro atoms. The summed E-state index contributed by atoms with van der Waals surface area (Å²) in [5, 5.41) is 7.51. The van der Waals surface area contributed by atoms with Crippen molar-refractivity contribution in [1.82, 2.24) is 25.4 Å². The highest BCUT2D eigenvalue weighted by Crippen LogP contribution is 2.35. The van der Waals surface area contributed by atoms with Crippen LogP contribution in [0.15, 0.2) is 47.7 Å². The molecule has 31 heavy (non-hydrogen) atoms. The summed E-state index contributed by atoms with van der Waals surface area (Å²) < 4.78 is 42.9. The summed E-state index contributed by atoms with van der Waals surface area (Å²) in [6, 6.07) is 3.27. The number of aromatic nitrogens is 1. The van der Waals surface area contributed by atoms with Crippen molar-refractivity contribution < 1.29 is 27.5 Å². The monoisotopic (exact) mass is 438 g/mol. The normalized spacial score (nSPS) is 22.4. The quantitative estimate of drug-likeness (QED) is 0.657. The molecule has 0 aromatic carbocycles. The average Bonchev–Trinajstić information content (AvgIpc) is 3.16. The zero-order chi connectivity index (χ0) is 22.2. The van der Waals surface area contributed by atoms with Crippen molar-refractivity contribution >= 4 is 17.8 Å². The fourth-order valence-electron chi connectivity index (χ4n) is 3.89. The molecular weight excluding hydrogens is 417 g/mol. The second-order valence-corrected chi connectivity index (χ2v) is 7.30. The van der Waals surface area contributed by atoms with Crippen molar-refractivity contribution in [1.29, 1.82) is 0 Å². The van der Waals surface area contributed by atoms with E-state index in [0.29, 0.717) is 36.8 Å². The van der Waals surface area contributed by atoms with E-state index < -0.39 is 30.7 Å². The van der Waals surface area contributed by atoms with Gasteiger partial charge in [0.2, 0.25) is 0 Å². The van der Waals surface area contributed by atoms with Crippen molar-refractivity contribution in [2.75, 3.05) is 32.1 Å². The molecule has 2 atom stereocenters. The minimum Gasteiger partial charge on any atom is -0.498 e. The Hall–Kier alpha value is -3.44. The van der Waals surface area contributed by atoms with E-state index in [1.165, 1.54) is 12.0 Å². The predicted octanol–water partition coefficient (Wildman–Crippen LogP) is 1.35. The second kappa shape index (κ2) is 8.00. The van der Waals surface area contributed by atoms with Gasteiger partial charge < -0.3 is 20.3 Å². The maximum atomic E-state index is 13.1. The number of rotatable bonds is 4. The van der Waals surface area contributed by atoms with E-state index in [1.54, 1.807) is 30.5 Å². The molecule has 0 saturated carbocycles. The van der Waals surface area contributed by atoms with Crippen LogP contribution in [0.3, 0.4) is 0 Å². The average molecular weight is 438 g/mol. The first-order valence-corrected chi connectivity index (χ1v) is 9.64. The number of hydrogen-bond donors (Lipinski definition) is 3. The molecule has 2 bridgehead atoms. The number of carbonyl (C=O) groups is 2. The minimum atomic E-state index is -4.55. The number of pyridine rings is 1. The van der Waals surface area contributed by atoms with Crippen LogP contribution in [-0.2, 0) is 9.53 Å². The minimum absolute atomic E-state index is 0.161. The van der Waals surface area contributed by atoms with Crippen molar-refractivity contribution in [2.24, 2.45) is 0 Å². The summed E-state index contributed by atoms with van der Waals surface area (Å²) in [4.78, 5) is 33.2. The molecule has 12 heteroatoms. The molecule has 1 saturated heterocycles. The lowest BCUT2D eigenvalue weighted by Crippen LogP contribution is -2.57. The van der Waals surface area contributed by atoms with Gasteiger partial charge in [-0.25, -0.2) is 9.78 Å². The van der Waals surface area contributed by atoms with E-state index in [2.05, 4.69) is 15.6 Å². The molecule has 166 valence electrons. The maximum absolute atomic E-state index is 13.1. The van der Waals surface area contributed by atoms with Gasteiger partial charge in [0.25, 0.3) is 5.91 Å². The molecule has 9 nitrogen and oxygen atoms in total. The Kier molecular flexibility index (Phi) is 5.38. The summed E-state index contributed by atoms with van der Waals surface area (Å²) in [5.74, 6) is -0.0440. The van der Waals surface area contributed by atoms with E-state index in [0.717, 1.165) is 0 Å². The van der Waals surface area contributed by atoms with E-state index in [-0.39, 0.29) is 11.8 Å². The Morgan fingerprint density at radius 1 is 1.35 bits per heavy atom. The first kappa shape index (κ1) is 20.8. The Morgan fingerprint density at radius 3 is 2.84 bits per heavy atom. The first-order chi connectivity index (χ1) is 14.8. The number of methoxy groups -OCH3 is 1. The Morgan fingerprint density at radius 2 is 2.16 bits per heavy atom. The SMILES string of the molecule is COC1=CC2=C(NC1C(=O)NCC(F)(F)F)N(C(=O)Nc1ccccn1)[C@H]1CCN2C1. The number of alkyl halides is 3. The summed E-state index contributed by atoms with van der Waals surface area (Å²) >= 11 is 0. The highest BCUT2D eigenvalue weighted by molar-refractivity contribution is 5.91. The smallest absolute Gasteiger partial charge is 0.405 e. The van der Waals surface area contributed by atoms with Gasteiger partial charge in [-0.1, -0.05) is 6.07 Å². The molecule has 0 aliphatic carbocycles. The van der Waals surface area contributed by atoms with E-state index in [9.17, 15) is 22.8 Å². The maximum Gasteiger partial charge on any atom is 0.405 e. The lowest BCUT2D eigenvalue weighted by Gasteiger charge is -2.41. The summed E-state index contributed by atoms with van der Waals surface area (Å²) in [6.07, 6.45) is -0.713. The third-order valence-corrected chi connectivity index (χ3v) is 5.28. The third kappa shape index (κ3) is 4.23. The molecule has 1 aromatic heterocycles. The predicted molar refractivity (Wildman–Crippen MR) is 103 cm³/mol. The first-order valence-electron chi connectivity index (χ1n) is 9.64. The molecule has 3 aliphatic rings. The number of carbonyl (C=O) groups excluding carboxylic acids is 2. The number of nitrogens with zero attached hydrogens (tertiary/aromatic N) is 3. The van der Waals surface area contributed by atoms with E-state index in [4.69, 9.17) is 4.74 Å². The fraction of sp³-hybridized carbons (Fsp3) is 0.421. The van der Waals surface area contributed by atoms with Crippen LogP contribution in [-0.4, -0.2) is 71.7 Å². The van der Waals surface area contributed by atoms with Gasteiger partial charge in [0.15, 0.2) is 6.04 Å².